The molecule has 0 bridgehead atoms. The number of amides is 3. The summed E-state index contributed by atoms with van der Waals surface area (Å²) in [5.74, 6) is -0.303. The van der Waals surface area contributed by atoms with E-state index in [1.807, 2.05) is 27.7 Å². The summed E-state index contributed by atoms with van der Waals surface area (Å²) in [6.45, 7) is 9.53. The van der Waals surface area contributed by atoms with Gasteiger partial charge >= 0.3 is 5.63 Å². The predicted octanol–water partition coefficient (Wildman–Crippen LogP) is 16.8. The van der Waals surface area contributed by atoms with Gasteiger partial charge in [-0.25, -0.2) is 38.8 Å². The molecule has 0 aliphatic heterocycles. The van der Waals surface area contributed by atoms with Crippen LogP contribution in [-0.4, -0.2) is 116 Å². The maximum absolute atomic E-state index is 13.5. The van der Waals surface area contributed by atoms with E-state index in [-0.39, 0.29) is 78.5 Å². The Morgan fingerprint density at radius 2 is 0.955 bits per heavy atom. The summed E-state index contributed by atoms with van der Waals surface area (Å²) in [6.07, 6.45) is 4.55. The van der Waals surface area contributed by atoms with Gasteiger partial charge < -0.3 is 19.1 Å². The number of halogens is 12. The third-order valence-electron chi connectivity index (χ3n) is 13.0. The zero-order valence-electron chi connectivity index (χ0n) is 46.7. The second-order valence-corrected chi connectivity index (χ2v) is 24.6. The van der Waals surface area contributed by atoms with Crippen molar-refractivity contribution in [1.82, 2.24) is 59.1 Å². The maximum Gasteiger partial charge on any atom is 0.347 e. The maximum atomic E-state index is 13.5. The van der Waals surface area contributed by atoms with E-state index >= 15 is 0 Å². The SMILES string of the molecule is CCN(CC)C(=O)c1cc(Cl)cc(Cl)c1CC(=O)c1cc(Br)nn1-c1ncccc1Cl.CCN(CC)C(=O)c1cc(Cl)cc(Cl)c1N(C)C(=O)c1cc(Br)nn1-c1ncccc1Cl.O=c1oc(-c2cc(Br)nn2-c2ncccc2Cl)nc2c(Cl)cc(Cl)cc12. The Morgan fingerprint density at radius 1 is 0.517 bits per heavy atom. The molecule has 0 N–H and O–H groups in total. The molecular formula is C58H43Br3Cl9N13O6. The molecule has 7 heterocycles. The zero-order valence-corrected chi connectivity index (χ0v) is 58.3. The van der Waals surface area contributed by atoms with Crippen molar-refractivity contribution in [3.63, 3.8) is 0 Å². The van der Waals surface area contributed by atoms with Crippen molar-refractivity contribution in [2.45, 2.75) is 34.1 Å². The highest BCUT2D eigenvalue weighted by Crippen LogP contribution is 2.37. The average molecular weight is 1580 g/mol. The van der Waals surface area contributed by atoms with Crippen LogP contribution in [0.4, 0.5) is 5.69 Å². The quantitative estimate of drug-likeness (QED) is 0.0875. The molecule has 19 nitrogen and oxygen atoms in total. The van der Waals surface area contributed by atoms with E-state index in [9.17, 15) is 24.0 Å². The van der Waals surface area contributed by atoms with E-state index in [0.717, 1.165) is 0 Å². The Bertz CT molecular complexity index is 4430. The Labute approximate surface area is 578 Å². The van der Waals surface area contributed by atoms with Gasteiger partial charge in [-0.2, -0.15) is 15.3 Å². The first kappa shape index (κ1) is 68.9. The van der Waals surface area contributed by atoms with Crippen molar-refractivity contribution in [3.05, 3.63) is 207 Å². The Kier molecular flexibility index (Phi) is 23.6. The van der Waals surface area contributed by atoms with Gasteiger partial charge in [0, 0.05) is 102 Å². The summed E-state index contributed by atoms with van der Waals surface area (Å²) < 4.78 is 10.8. The number of carbonyl (C=O) groups is 4. The minimum atomic E-state index is -0.620. The number of carbonyl (C=O) groups excluding carboxylic acids is 4. The molecular weight excluding hydrogens is 1530 g/mol. The van der Waals surface area contributed by atoms with E-state index < -0.39 is 11.5 Å². The van der Waals surface area contributed by atoms with Gasteiger partial charge in [-0.1, -0.05) is 104 Å². The highest BCUT2D eigenvalue weighted by atomic mass is 79.9. The molecule has 460 valence electrons. The van der Waals surface area contributed by atoms with Crippen molar-refractivity contribution in [3.8, 4) is 29.0 Å². The summed E-state index contributed by atoms with van der Waals surface area (Å²) in [7, 11) is 1.53. The molecule has 0 saturated carbocycles. The fourth-order valence-corrected chi connectivity index (χ4v) is 12.2. The minimum absolute atomic E-state index is 0.0200. The van der Waals surface area contributed by atoms with E-state index in [2.05, 4.69) is 83.0 Å². The van der Waals surface area contributed by atoms with Gasteiger partial charge in [0.15, 0.2) is 23.2 Å². The van der Waals surface area contributed by atoms with Gasteiger partial charge in [0.05, 0.1) is 41.8 Å². The topological polar surface area (TPSA) is 213 Å². The lowest BCUT2D eigenvalue weighted by Crippen LogP contribution is -2.34. The lowest BCUT2D eigenvalue weighted by Gasteiger charge is -2.25. The minimum Gasteiger partial charge on any atom is -0.401 e. The molecule has 89 heavy (non-hydrogen) atoms. The van der Waals surface area contributed by atoms with E-state index in [1.54, 1.807) is 89.1 Å². The number of rotatable bonds is 15. The fourth-order valence-electron chi connectivity index (χ4n) is 8.79. The fraction of sp³-hybridized carbons (Fsp3) is 0.172. The average Bonchev–Trinajstić information content (AvgIpc) is 2.79. The van der Waals surface area contributed by atoms with Crippen LogP contribution in [0.2, 0.25) is 45.2 Å². The number of ketones is 1. The number of pyridine rings is 3. The summed E-state index contributed by atoms with van der Waals surface area (Å²) in [6, 6.07) is 23.8. The predicted molar refractivity (Wildman–Crippen MR) is 360 cm³/mol. The highest BCUT2D eigenvalue weighted by Gasteiger charge is 2.30. The molecule has 3 aromatic carbocycles. The Hall–Kier alpha value is -5.99. The smallest absolute Gasteiger partial charge is 0.347 e. The van der Waals surface area contributed by atoms with Crippen LogP contribution in [0.1, 0.15) is 75.0 Å². The molecule has 0 spiro atoms. The number of nitrogens with zero attached hydrogens (tertiary/aromatic N) is 13. The molecule has 0 aliphatic carbocycles. The van der Waals surface area contributed by atoms with E-state index in [0.29, 0.717) is 104 Å². The summed E-state index contributed by atoms with van der Waals surface area (Å²) >= 11 is 66.0. The lowest BCUT2D eigenvalue weighted by molar-refractivity contribution is 0.0764. The molecule has 0 fully saturated rings. The van der Waals surface area contributed by atoms with Crippen LogP contribution in [0.5, 0.6) is 0 Å². The third kappa shape index (κ3) is 15.7. The largest absolute Gasteiger partial charge is 0.401 e. The van der Waals surface area contributed by atoms with Crippen LogP contribution < -0.4 is 10.5 Å². The van der Waals surface area contributed by atoms with Gasteiger partial charge in [-0.3, -0.25) is 19.2 Å². The van der Waals surface area contributed by atoms with Gasteiger partial charge in [-0.15, -0.1) is 0 Å². The standard InChI is InChI=1S/C21H19BrCl3N5O2.C21H18BrCl3N4O2.C16H6BrCl3N4O2/c1-4-29(5-2)20(31)13-9-12(23)10-15(25)18(13)28(3)21(32)16-11-17(22)27-30(16)19-14(24)7-6-8-26-19;1-3-28(4-2)21(31)14-8-12(23)9-16(25)13(14)10-18(30)17-11-19(22)27-29(17)20-15(24)6-5-7-26-20;17-12-6-11(24(23-12)14-9(19)2-1-3-21-14)15-22-13-8(16(25)26-15)4-7(18)5-10(13)20/h6-11H,4-5H2,1-3H3;5-9,11H,3-4,10H2,1-2H3;1-6H. The number of hydrogen-bond donors (Lipinski definition) is 0. The van der Waals surface area contributed by atoms with Gasteiger partial charge in [0.25, 0.3) is 17.7 Å². The van der Waals surface area contributed by atoms with E-state index in [4.69, 9.17) is 109 Å². The highest BCUT2D eigenvalue weighted by molar-refractivity contribution is 9.11. The first-order valence-electron chi connectivity index (χ1n) is 26.2. The summed E-state index contributed by atoms with van der Waals surface area (Å²) in [4.78, 5) is 87.0. The Balaban J connectivity index is 0.000000173. The van der Waals surface area contributed by atoms with Crippen LogP contribution in [0.15, 0.2) is 133 Å². The van der Waals surface area contributed by atoms with Gasteiger partial charge in [0.2, 0.25) is 5.89 Å². The monoisotopic (exact) mass is 1570 g/mol. The third-order valence-corrected chi connectivity index (χ3v) is 16.6. The molecule has 31 heteroatoms. The molecule has 0 aliphatic rings. The van der Waals surface area contributed by atoms with Crippen molar-refractivity contribution >= 4 is 192 Å². The lowest BCUT2D eigenvalue weighted by atomic mass is 9.99. The van der Waals surface area contributed by atoms with Crippen LogP contribution in [-0.2, 0) is 6.42 Å². The molecule has 0 atom stereocenters. The summed E-state index contributed by atoms with van der Waals surface area (Å²) in [5.41, 5.74) is 1.63. The number of aromatic nitrogens is 10. The van der Waals surface area contributed by atoms with E-state index in [1.165, 1.54) is 56.3 Å². The molecule has 7 aromatic heterocycles. The molecule has 3 amide bonds. The molecule has 10 aromatic rings. The number of benzene rings is 3. The van der Waals surface area contributed by atoms with Crippen LogP contribution in [0, 0.1) is 0 Å². The van der Waals surface area contributed by atoms with Crippen molar-refractivity contribution in [2.75, 3.05) is 38.1 Å². The normalized spacial score (nSPS) is 11.0. The first-order chi connectivity index (χ1) is 42.4. The molecule has 0 unspecified atom stereocenters. The van der Waals surface area contributed by atoms with Crippen molar-refractivity contribution < 1.29 is 23.6 Å². The zero-order chi connectivity index (χ0) is 64.7. The van der Waals surface area contributed by atoms with Crippen molar-refractivity contribution in [2.24, 2.45) is 0 Å². The number of anilines is 1. The number of Topliss-reactive ketones (excluding diaryl/α,β-unsaturated/α-hetero) is 1. The van der Waals surface area contributed by atoms with Crippen LogP contribution in [0.25, 0.3) is 39.9 Å². The molecule has 0 radical (unpaired) electrons. The summed E-state index contributed by atoms with van der Waals surface area (Å²) in [5, 5.41) is 15.7. The molecule has 0 saturated heterocycles. The molecule has 10 rings (SSSR count). The second-order valence-electron chi connectivity index (χ2n) is 18.4. The van der Waals surface area contributed by atoms with Gasteiger partial charge in [-0.05, 0) is 154 Å². The Morgan fingerprint density at radius 3 is 1.48 bits per heavy atom. The van der Waals surface area contributed by atoms with Crippen molar-refractivity contribution in [1.29, 1.82) is 0 Å². The second kappa shape index (κ2) is 30.4. The van der Waals surface area contributed by atoms with Crippen LogP contribution >= 0.6 is 152 Å². The van der Waals surface area contributed by atoms with Crippen LogP contribution in [0.3, 0.4) is 0 Å². The van der Waals surface area contributed by atoms with Gasteiger partial charge in [0.1, 0.15) is 36.4 Å². The number of hydrogen-bond acceptors (Lipinski definition) is 13. The first-order valence-corrected chi connectivity index (χ1v) is 31.9. The number of fused-ring (bicyclic) bond motifs is 1.